The normalized spacial score (nSPS) is 15.5. The number of hydrogen-bond acceptors (Lipinski definition) is 3. The molecule has 0 spiro atoms. The zero-order chi connectivity index (χ0) is 13.8. The van der Waals surface area contributed by atoms with Gasteiger partial charge in [-0.3, -0.25) is 0 Å². The summed E-state index contributed by atoms with van der Waals surface area (Å²) in [5.74, 6) is -1.24. The molecule has 0 aromatic heterocycles. The van der Waals surface area contributed by atoms with E-state index in [1.807, 2.05) is 24.3 Å². The zero-order valence-corrected chi connectivity index (χ0v) is 10.4. The number of aliphatic carboxylic acids is 1. The highest BCUT2D eigenvalue weighted by Crippen LogP contribution is 2.18. The second-order valence-electron chi connectivity index (χ2n) is 4.46. The van der Waals surface area contributed by atoms with Crippen LogP contribution < -0.4 is 5.32 Å². The summed E-state index contributed by atoms with van der Waals surface area (Å²) in [6, 6.07) is 6.13. The highest BCUT2D eigenvalue weighted by Gasteiger charge is 2.24. The Labute approximate surface area is 110 Å². The first kappa shape index (κ1) is 13.4. The molecule has 1 aromatic carbocycles. The van der Waals surface area contributed by atoms with Crippen LogP contribution in [0.15, 0.2) is 24.3 Å². The molecule has 1 aliphatic rings. The van der Waals surface area contributed by atoms with Crippen LogP contribution in [-0.4, -0.2) is 46.3 Å². The van der Waals surface area contributed by atoms with Gasteiger partial charge in [0, 0.05) is 13.1 Å². The van der Waals surface area contributed by atoms with E-state index in [2.05, 4.69) is 5.32 Å². The fourth-order valence-electron chi connectivity index (χ4n) is 2.09. The maximum Gasteiger partial charge on any atom is 0.328 e. The minimum absolute atomic E-state index is 0.458. The second kappa shape index (κ2) is 5.71. The Balaban J connectivity index is 2.01. The van der Waals surface area contributed by atoms with E-state index in [1.165, 1.54) is 5.56 Å². The molecule has 6 nitrogen and oxygen atoms in total. The first-order valence-corrected chi connectivity index (χ1v) is 6.07. The molecule has 0 saturated heterocycles. The van der Waals surface area contributed by atoms with E-state index in [9.17, 15) is 9.59 Å². The van der Waals surface area contributed by atoms with Crippen LogP contribution in [0.4, 0.5) is 4.79 Å². The number of urea groups is 1. The molecule has 0 bridgehead atoms. The van der Waals surface area contributed by atoms with Crippen molar-refractivity contribution in [1.29, 1.82) is 0 Å². The van der Waals surface area contributed by atoms with E-state index < -0.39 is 24.6 Å². The van der Waals surface area contributed by atoms with Gasteiger partial charge in [-0.25, -0.2) is 9.59 Å². The predicted octanol–water partition coefficient (Wildman–Crippen LogP) is 0.200. The smallest absolute Gasteiger partial charge is 0.328 e. The Morgan fingerprint density at radius 1 is 1.32 bits per heavy atom. The molecule has 0 fully saturated rings. The van der Waals surface area contributed by atoms with E-state index in [1.54, 1.807) is 4.90 Å². The van der Waals surface area contributed by atoms with Crippen molar-refractivity contribution in [3.63, 3.8) is 0 Å². The van der Waals surface area contributed by atoms with Gasteiger partial charge in [0.2, 0.25) is 0 Å². The van der Waals surface area contributed by atoms with Crippen molar-refractivity contribution in [3.8, 4) is 0 Å². The molecule has 1 heterocycles. The lowest BCUT2D eigenvalue weighted by Crippen LogP contribution is -2.50. The molecule has 1 aliphatic heterocycles. The molecule has 102 valence electrons. The third-order valence-electron chi connectivity index (χ3n) is 3.20. The van der Waals surface area contributed by atoms with Gasteiger partial charge in [0.25, 0.3) is 0 Å². The van der Waals surface area contributed by atoms with Crippen LogP contribution >= 0.6 is 0 Å². The van der Waals surface area contributed by atoms with Gasteiger partial charge in [0.1, 0.15) is 0 Å². The summed E-state index contributed by atoms with van der Waals surface area (Å²) in [5.41, 5.74) is 2.28. The van der Waals surface area contributed by atoms with E-state index in [0.717, 1.165) is 12.0 Å². The first-order chi connectivity index (χ1) is 9.11. The minimum Gasteiger partial charge on any atom is -0.480 e. The van der Waals surface area contributed by atoms with Crippen LogP contribution in [0.3, 0.4) is 0 Å². The minimum atomic E-state index is -1.26. The monoisotopic (exact) mass is 264 g/mol. The number of aliphatic hydroxyl groups is 1. The molecule has 0 radical (unpaired) electrons. The molecule has 0 saturated carbocycles. The fourth-order valence-corrected chi connectivity index (χ4v) is 2.09. The summed E-state index contributed by atoms with van der Waals surface area (Å²) in [7, 11) is 0. The Bertz CT molecular complexity index is 489. The molecule has 2 rings (SSSR count). The topological polar surface area (TPSA) is 89.9 Å². The Morgan fingerprint density at radius 3 is 2.63 bits per heavy atom. The van der Waals surface area contributed by atoms with Crippen LogP contribution in [0.5, 0.6) is 0 Å². The van der Waals surface area contributed by atoms with Crippen LogP contribution in [-0.2, 0) is 17.8 Å². The van der Waals surface area contributed by atoms with Crippen LogP contribution in [0.25, 0.3) is 0 Å². The SMILES string of the molecule is O=C(O)C(CO)NC(=O)N1CCc2ccccc2C1. The van der Waals surface area contributed by atoms with Gasteiger partial charge in [-0.15, -0.1) is 0 Å². The summed E-state index contributed by atoms with van der Waals surface area (Å²) < 4.78 is 0. The molecule has 6 heteroatoms. The largest absolute Gasteiger partial charge is 0.480 e. The van der Waals surface area contributed by atoms with Gasteiger partial charge in [0.15, 0.2) is 6.04 Å². The number of carboxylic acids is 1. The quantitative estimate of drug-likeness (QED) is 0.727. The first-order valence-electron chi connectivity index (χ1n) is 6.07. The number of hydrogen-bond donors (Lipinski definition) is 3. The highest BCUT2D eigenvalue weighted by molar-refractivity contribution is 5.82. The number of carbonyl (C=O) groups excluding carboxylic acids is 1. The van der Waals surface area contributed by atoms with Crippen LogP contribution in [0, 0.1) is 0 Å². The third kappa shape index (κ3) is 3.03. The number of nitrogens with zero attached hydrogens (tertiary/aromatic N) is 1. The molecule has 19 heavy (non-hydrogen) atoms. The van der Waals surface area contributed by atoms with Gasteiger partial charge in [0.05, 0.1) is 6.61 Å². The Hall–Kier alpha value is -2.08. The maximum absolute atomic E-state index is 11.9. The van der Waals surface area contributed by atoms with E-state index in [0.29, 0.717) is 13.1 Å². The summed E-state index contributed by atoms with van der Waals surface area (Å²) in [4.78, 5) is 24.2. The molecule has 3 N–H and O–H groups in total. The third-order valence-corrected chi connectivity index (χ3v) is 3.20. The van der Waals surface area contributed by atoms with Gasteiger partial charge in [-0.1, -0.05) is 24.3 Å². The molecule has 1 atom stereocenters. The second-order valence-corrected chi connectivity index (χ2v) is 4.46. The molecular weight excluding hydrogens is 248 g/mol. The number of rotatable bonds is 3. The summed E-state index contributed by atoms with van der Waals surface area (Å²) in [5, 5.41) is 20.0. The number of carboxylic acid groups (broad SMARTS) is 1. The number of nitrogens with one attached hydrogen (secondary N) is 1. The van der Waals surface area contributed by atoms with E-state index in [-0.39, 0.29) is 0 Å². The van der Waals surface area contributed by atoms with Gasteiger partial charge in [-0.2, -0.15) is 0 Å². The van der Waals surface area contributed by atoms with Crippen molar-refractivity contribution in [3.05, 3.63) is 35.4 Å². The maximum atomic E-state index is 11.9. The lowest BCUT2D eigenvalue weighted by Gasteiger charge is -2.29. The predicted molar refractivity (Wildman–Crippen MR) is 67.6 cm³/mol. The van der Waals surface area contributed by atoms with Gasteiger partial charge >= 0.3 is 12.0 Å². The average molecular weight is 264 g/mol. The number of benzene rings is 1. The number of aliphatic hydroxyl groups excluding tert-OH is 1. The number of fused-ring (bicyclic) bond motifs is 1. The van der Waals surface area contributed by atoms with Crippen molar-refractivity contribution in [2.24, 2.45) is 0 Å². The molecule has 2 amide bonds. The molecule has 0 aliphatic carbocycles. The number of amides is 2. The van der Waals surface area contributed by atoms with Crippen molar-refractivity contribution < 1.29 is 19.8 Å². The van der Waals surface area contributed by atoms with E-state index in [4.69, 9.17) is 10.2 Å². The van der Waals surface area contributed by atoms with Gasteiger partial charge in [-0.05, 0) is 17.5 Å². The standard InChI is InChI=1S/C13H16N2O4/c16-8-11(12(17)18)14-13(19)15-6-5-9-3-1-2-4-10(9)7-15/h1-4,11,16H,5-8H2,(H,14,19)(H,17,18). The van der Waals surface area contributed by atoms with Crippen LogP contribution in [0.1, 0.15) is 11.1 Å². The highest BCUT2D eigenvalue weighted by atomic mass is 16.4. The van der Waals surface area contributed by atoms with Crippen LogP contribution in [0.2, 0.25) is 0 Å². The van der Waals surface area contributed by atoms with E-state index >= 15 is 0 Å². The van der Waals surface area contributed by atoms with Crippen molar-refractivity contribution in [1.82, 2.24) is 10.2 Å². The fraction of sp³-hybridized carbons (Fsp3) is 0.385. The molecular formula is C13H16N2O4. The summed E-state index contributed by atoms with van der Waals surface area (Å²) >= 11 is 0. The summed E-state index contributed by atoms with van der Waals surface area (Å²) in [6.07, 6.45) is 0.750. The molecule has 1 unspecified atom stereocenters. The average Bonchev–Trinajstić information content (AvgIpc) is 2.43. The summed E-state index contributed by atoms with van der Waals surface area (Å²) in [6.45, 7) is 0.381. The zero-order valence-electron chi connectivity index (χ0n) is 10.4. The van der Waals surface area contributed by atoms with Crippen molar-refractivity contribution >= 4 is 12.0 Å². The lowest BCUT2D eigenvalue weighted by molar-refractivity contribution is -0.140. The van der Waals surface area contributed by atoms with Gasteiger partial charge < -0.3 is 20.4 Å². The van der Waals surface area contributed by atoms with Crippen molar-refractivity contribution in [2.75, 3.05) is 13.2 Å². The lowest BCUT2D eigenvalue weighted by atomic mass is 10.0. The Kier molecular flexibility index (Phi) is 4.01. The van der Waals surface area contributed by atoms with Crippen molar-refractivity contribution in [2.45, 2.75) is 19.0 Å². The Morgan fingerprint density at radius 2 is 2.00 bits per heavy atom. The molecule has 1 aromatic rings. The number of carbonyl (C=O) groups is 2.